The second-order valence-electron chi connectivity index (χ2n) is 3.76. The third-order valence-electron chi connectivity index (χ3n) is 2.69. The fourth-order valence-corrected chi connectivity index (χ4v) is 1.76. The Bertz CT molecular complexity index is 277. The van der Waals surface area contributed by atoms with E-state index in [1.54, 1.807) is 0 Å². The summed E-state index contributed by atoms with van der Waals surface area (Å²) in [7, 11) is 0. The van der Waals surface area contributed by atoms with Gasteiger partial charge in [0.15, 0.2) is 0 Å². The molecule has 7 heteroatoms. The highest BCUT2D eigenvalue weighted by molar-refractivity contribution is 5.15. The molecule has 0 amide bonds. The molecule has 0 radical (unpaired) electrons. The molecule has 2 atom stereocenters. The molecule has 16 heavy (non-hydrogen) atoms. The highest BCUT2D eigenvalue weighted by Crippen LogP contribution is 2.45. The van der Waals surface area contributed by atoms with Crippen LogP contribution >= 0.6 is 0 Å². The first kappa shape index (κ1) is 13.3. The molecule has 1 rings (SSSR count). The first-order chi connectivity index (χ1) is 7.16. The molecule has 1 aliphatic rings. The number of rotatable bonds is 1. The van der Waals surface area contributed by atoms with Crippen molar-refractivity contribution >= 4 is 0 Å². The van der Waals surface area contributed by atoms with E-state index in [-0.39, 0.29) is 0 Å². The van der Waals surface area contributed by atoms with Crippen LogP contribution in [0.4, 0.5) is 26.3 Å². The van der Waals surface area contributed by atoms with Gasteiger partial charge < -0.3 is 5.11 Å². The molecule has 0 saturated carbocycles. The summed E-state index contributed by atoms with van der Waals surface area (Å²) in [5.74, 6) is -3.29. The Hall–Kier alpha value is -0.720. The van der Waals surface area contributed by atoms with Crippen molar-refractivity contribution in [3.63, 3.8) is 0 Å². The maximum absolute atomic E-state index is 12.4. The number of halogens is 6. The molecule has 0 saturated heterocycles. The summed E-state index contributed by atoms with van der Waals surface area (Å²) < 4.78 is 74.0. The van der Waals surface area contributed by atoms with Crippen LogP contribution in [-0.2, 0) is 0 Å². The van der Waals surface area contributed by atoms with Crippen molar-refractivity contribution in [1.82, 2.24) is 0 Å². The monoisotopic (exact) mass is 248 g/mol. The van der Waals surface area contributed by atoms with Crippen molar-refractivity contribution in [2.24, 2.45) is 11.8 Å². The second kappa shape index (κ2) is 4.27. The first-order valence-corrected chi connectivity index (χ1v) is 4.60. The third kappa shape index (κ3) is 2.90. The fraction of sp³-hybridized carbons (Fsp3) is 0.778. The van der Waals surface area contributed by atoms with E-state index in [0.29, 0.717) is 0 Å². The summed E-state index contributed by atoms with van der Waals surface area (Å²) in [5, 5.41) is 8.70. The lowest BCUT2D eigenvalue weighted by Gasteiger charge is -2.32. The minimum atomic E-state index is -4.72. The zero-order chi connectivity index (χ0) is 12.6. The maximum Gasteiger partial charge on any atom is 0.412 e. The van der Waals surface area contributed by atoms with E-state index >= 15 is 0 Å². The summed E-state index contributed by atoms with van der Waals surface area (Å²) in [6.45, 7) is -0.758. The van der Waals surface area contributed by atoms with E-state index in [1.807, 2.05) is 0 Å². The topological polar surface area (TPSA) is 20.2 Å². The van der Waals surface area contributed by atoms with Gasteiger partial charge in [0.1, 0.15) is 0 Å². The largest absolute Gasteiger partial charge is 0.412 e. The molecule has 0 bridgehead atoms. The van der Waals surface area contributed by atoms with Crippen LogP contribution < -0.4 is 0 Å². The molecule has 1 N–H and O–H groups in total. The van der Waals surface area contributed by atoms with Crippen LogP contribution in [0.25, 0.3) is 0 Å². The summed E-state index contributed by atoms with van der Waals surface area (Å²) in [4.78, 5) is 0. The summed E-state index contributed by atoms with van der Waals surface area (Å²) in [5.41, 5.74) is -1.15. The highest BCUT2D eigenvalue weighted by atomic mass is 19.4. The van der Waals surface area contributed by atoms with Gasteiger partial charge in [0.25, 0.3) is 0 Å². The van der Waals surface area contributed by atoms with Crippen LogP contribution in [0.15, 0.2) is 11.6 Å². The second-order valence-corrected chi connectivity index (χ2v) is 3.76. The number of hydrogen-bond acceptors (Lipinski definition) is 1. The Labute approximate surface area is 87.8 Å². The Balaban J connectivity index is 2.90. The van der Waals surface area contributed by atoms with Crippen molar-refractivity contribution in [1.29, 1.82) is 0 Å². The van der Waals surface area contributed by atoms with Gasteiger partial charge in [-0.05, 0) is 18.8 Å². The molecule has 0 aliphatic heterocycles. The van der Waals surface area contributed by atoms with Crippen molar-refractivity contribution in [2.75, 3.05) is 6.61 Å². The fourth-order valence-electron chi connectivity index (χ4n) is 1.76. The number of hydrogen-bond donors (Lipinski definition) is 1. The quantitative estimate of drug-likeness (QED) is 0.558. The Kier molecular flexibility index (Phi) is 3.56. The molecule has 1 nitrogen and oxygen atoms in total. The van der Waals surface area contributed by atoms with Gasteiger partial charge in [0.05, 0.1) is 5.92 Å². The Morgan fingerprint density at radius 2 is 1.75 bits per heavy atom. The van der Waals surface area contributed by atoms with Crippen LogP contribution in [0.1, 0.15) is 12.8 Å². The molecule has 2 unspecified atom stereocenters. The first-order valence-electron chi connectivity index (χ1n) is 4.60. The SMILES string of the molecule is OCC1CC=C(C(F)(F)F)CC1C(F)(F)F. The van der Waals surface area contributed by atoms with E-state index in [2.05, 4.69) is 0 Å². The molecular weight excluding hydrogens is 238 g/mol. The zero-order valence-corrected chi connectivity index (χ0v) is 8.07. The summed E-state index contributed by atoms with van der Waals surface area (Å²) >= 11 is 0. The molecule has 0 fully saturated rings. The molecule has 0 aromatic rings. The normalized spacial score (nSPS) is 27.8. The molecule has 94 valence electrons. The van der Waals surface area contributed by atoms with E-state index in [9.17, 15) is 26.3 Å². The van der Waals surface area contributed by atoms with Gasteiger partial charge in [-0.15, -0.1) is 0 Å². The summed E-state index contributed by atoms with van der Waals surface area (Å²) in [6.07, 6.45) is -10.2. The predicted molar refractivity (Wildman–Crippen MR) is 43.5 cm³/mol. The molecule has 0 aromatic heterocycles. The van der Waals surface area contributed by atoms with Crippen LogP contribution in [0, 0.1) is 11.8 Å². The van der Waals surface area contributed by atoms with Gasteiger partial charge in [-0.3, -0.25) is 0 Å². The van der Waals surface area contributed by atoms with Crippen LogP contribution in [0.2, 0.25) is 0 Å². The molecular formula is C9H10F6O. The van der Waals surface area contributed by atoms with Gasteiger partial charge >= 0.3 is 12.4 Å². The van der Waals surface area contributed by atoms with E-state index in [4.69, 9.17) is 5.11 Å². The standard InChI is InChI=1S/C9H10F6O/c10-8(11,12)6-2-1-5(4-16)7(3-6)9(13,14)15/h2,5,7,16H,1,3-4H2. The molecule has 0 heterocycles. The molecule has 0 spiro atoms. The van der Waals surface area contributed by atoms with Gasteiger partial charge in [-0.2, -0.15) is 26.3 Å². The Morgan fingerprint density at radius 1 is 1.19 bits per heavy atom. The van der Waals surface area contributed by atoms with E-state index in [1.165, 1.54) is 0 Å². The average molecular weight is 248 g/mol. The minimum Gasteiger partial charge on any atom is -0.396 e. The minimum absolute atomic E-state index is 0.393. The maximum atomic E-state index is 12.4. The van der Waals surface area contributed by atoms with Crippen LogP contribution in [0.5, 0.6) is 0 Å². The van der Waals surface area contributed by atoms with E-state index < -0.39 is 49.2 Å². The average Bonchev–Trinajstić information content (AvgIpc) is 2.14. The predicted octanol–water partition coefficient (Wildman–Crippen LogP) is 3.06. The van der Waals surface area contributed by atoms with Gasteiger partial charge in [0.2, 0.25) is 0 Å². The third-order valence-corrected chi connectivity index (χ3v) is 2.69. The molecule has 0 aromatic carbocycles. The van der Waals surface area contributed by atoms with Crippen molar-refractivity contribution in [2.45, 2.75) is 25.2 Å². The number of aliphatic hydroxyl groups is 1. The number of alkyl halides is 6. The highest BCUT2D eigenvalue weighted by Gasteiger charge is 2.49. The van der Waals surface area contributed by atoms with Crippen LogP contribution in [-0.4, -0.2) is 24.1 Å². The van der Waals surface area contributed by atoms with Crippen molar-refractivity contribution in [3.8, 4) is 0 Å². The number of aliphatic hydroxyl groups excluding tert-OH is 1. The van der Waals surface area contributed by atoms with Gasteiger partial charge in [0, 0.05) is 12.2 Å². The van der Waals surface area contributed by atoms with Crippen molar-refractivity contribution < 1.29 is 31.4 Å². The lowest BCUT2D eigenvalue weighted by Crippen LogP contribution is -2.36. The van der Waals surface area contributed by atoms with E-state index in [0.717, 1.165) is 6.08 Å². The Morgan fingerprint density at radius 3 is 2.12 bits per heavy atom. The van der Waals surface area contributed by atoms with Gasteiger partial charge in [-0.25, -0.2) is 0 Å². The van der Waals surface area contributed by atoms with Gasteiger partial charge in [-0.1, -0.05) is 6.08 Å². The zero-order valence-electron chi connectivity index (χ0n) is 8.07. The smallest absolute Gasteiger partial charge is 0.396 e. The lowest BCUT2D eigenvalue weighted by atomic mass is 9.79. The summed E-state index contributed by atoms with van der Waals surface area (Å²) in [6, 6.07) is 0. The lowest BCUT2D eigenvalue weighted by molar-refractivity contribution is -0.197. The van der Waals surface area contributed by atoms with Crippen LogP contribution in [0.3, 0.4) is 0 Å². The molecule has 1 aliphatic carbocycles. The van der Waals surface area contributed by atoms with Crippen molar-refractivity contribution in [3.05, 3.63) is 11.6 Å². The number of allylic oxidation sites excluding steroid dienone is 2.